The molecule has 0 saturated carbocycles. The summed E-state index contributed by atoms with van der Waals surface area (Å²) in [6.45, 7) is 0.594. The number of benzene rings is 1. The van der Waals surface area contributed by atoms with Crippen molar-refractivity contribution >= 4 is 5.78 Å². The average molecular weight is 190 g/mol. The molecule has 1 unspecified atom stereocenters. The highest BCUT2D eigenvalue weighted by molar-refractivity contribution is 5.79. The SMILES string of the molecule is O=C1CCOC(Cc2ccccc2)C1. The summed E-state index contributed by atoms with van der Waals surface area (Å²) in [4.78, 5) is 11.2. The summed E-state index contributed by atoms with van der Waals surface area (Å²) in [6.07, 6.45) is 2.12. The molecule has 0 amide bonds. The Kier molecular flexibility index (Phi) is 2.94. The molecule has 1 fully saturated rings. The molecule has 1 atom stereocenters. The summed E-state index contributed by atoms with van der Waals surface area (Å²) in [5.41, 5.74) is 1.24. The van der Waals surface area contributed by atoms with Crippen LogP contribution in [0.4, 0.5) is 0 Å². The smallest absolute Gasteiger partial charge is 0.137 e. The fourth-order valence-electron chi connectivity index (χ4n) is 1.76. The third-order valence-electron chi connectivity index (χ3n) is 2.50. The number of hydrogen-bond acceptors (Lipinski definition) is 2. The highest BCUT2D eigenvalue weighted by Gasteiger charge is 2.19. The van der Waals surface area contributed by atoms with Crippen molar-refractivity contribution in [2.45, 2.75) is 25.4 Å². The van der Waals surface area contributed by atoms with Gasteiger partial charge in [0, 0.05) is 12.8 Å². The molecule has 0 N–H and O–H groups in total. The molecule has 2 heteroatoms. The first kappa shape index (κ1) is 9.41. The molecule has 0 radical (unpaired) electrons. The molecular weight excluding hydrogens is 176 g/mol. The minimum absolute atomic E-state index is 0.0960. The summed E-state index contributed by atoms with van der Waals surface area (Å²) in [6, 6.07) is 10.2. The number of carbonyl (C=O) groups is 1. The summed E-state index contributed by atoms with van der Waals surface area (Å²) in [5.74, 6) is 0.331. The van der Waals surface area contributed by atoms with E-state index in [1.54, 1.807) is 0 Å². The summed E-state index contributed by atoms with van der Waals surface area (Å²) < 4.78 is 5.53. The van der Waals surface area contributed by atoms with Crippen LogP contribution in [-0.4, -0.2) is 18.5 Å². The Morgan fingerprint density at radius 2 is 2.07 bits per heavy atom. The first-order valence-corrected chi connectivity index (χ1v) is 5.02. The lowest BCUT2D eigenvalue weighted by molar-refractivity contribution is -0.128. The predicted octanol–water partition coefficient (Wildman–Crippen LogP) is 1.98. The molecule has 1 saturated heterocycles. The van der Waals surface area contributed by atoms with Gasteiger partial charge in [0.25, 0.3) is 0 Å². The van der Waals surface area contributed by atoms with E-state index in [0.717, 1.165) is 6.42 Å². The molecule has 1 heterocycles. The van der Waals surface area contributed by atoms with Crippen LogP contribution in [0, 0.1) is 0 Å². The van der Waals surface area contributed by atoms with Gasteiger partial charge in [-0.2, -0.15) is 0 Å². The standard InChI is InChI=1S/C12H14O2/c13-11-6-7-14-12(9-11)8-10-4-2-1-3-5-10/h1-5,12H,6-9H2. The van der Waals surface area contributed by atoms with Gasteiger partial charge in [0.05, 0.1) is 12.7 Å². The van der Waals surface area contributed by atoms with Crippen LogP contribution >= 0.6 is 0 Å². The first-order chi connectivity index (χ1) is 6.84. The van der Waals surface area contributed by atoms with Gasteiger partial charge in [-0.1, -0.05) is 30.3 Å². The van der Waals surface area contributed by atoms with Gasteiger partial charge in [0.2, 0.25) is 0 Å². The largest absolute Gasteiger partial charge is 0.377 e. The normalized spacial score (nSPS) is 22.3. The molecule has 74 valence electrons. The Bertz CT molecular complexity index is 305. The zero-order valence-electron chi connectivity index (χ0n) is 8.11. The van der Waals surface area contributed by atoms with Crippen molar-refractivity contribution in [2.24, 2.45) is 0 Å². The molecule has 1 aromatic carbocycles. The van der Waals surface area contributed by atoms with Crippen molar-refractivity contribution in [3.63, 3.8) is 0 Å². The fraction of sp³-hybridized carbons (Fsp3) is 0.417. The highest BCUT2D eigenvalue weighted by Crippen LogP contribution is 2.14. The first-order valence-electron chi connectivity index (χ1n) is 5.02. The van der Waals surface area contributed by atoms with Crippen LogP contribution in [-0.2, 0) is 16.0 Å². The minimum atomic E-state index is 0.0960. The number of carbonyl (C=O) groups excluding carboxylic acids is 1. The molecule has 0 bridgehead atoms. The number of hydrogen-bond donors (Lipinski definition) is 0. The second-order valence-electron chi connectivity index (χ2n) is 3.68. The van der Waals surface area contributed by atoms with E-state index in [1.165, 1.54) is 5.56 Å². The van der Waals surface area contributed by atoms with Crippen molar-refractivity contribution in [3.8, 4) is 0 Å². The van der Waals surface area contributed by atoms with E-state index in [4.69, 9.17) is 4.74 Å². The van der Waals surface area contributed by atoms with Crippen LogP contribution in [0.2, 0.25) is 0 Å². The van der Waals surface area contributed by atoms with Gasteiger partial charge in [-0.3, -0.25) is 4.79 Å². The van der Waals surface area contributed by atoms with Gasteiger partial charge >= 0.3 is 0 Å². The Hall–Kier alpha value is -1.15. The van der Waals surface area contributed by atoms with Crippen LogP contribution in [0.25, 0.3) is 0 Å². The van der Waals surface area contributed by atoms with E-state index in [1.807, 2.05) is 18.2 Å². The van der Waals surface area contributed by atoms with E-state index < -0.39 is 0 Å². The van der Waals surface area contributed by atoms with E-state index in [2.05, 4.69) is 12.1 Å². The number of Topliss-reactive ketones (excluding diaryl/α,β-unsaturated/α-hetero) is 1. The van der Waals surface area contributed by atoms with Crippen molar-refractivity contribution in [1.82, 2.24) is 0 Å². The molecule has 1 aromatic rings. The zero-order chi connectivity index (χ0) is 9.80. The molecule has 2 nitrogen and oxygen atoms in total. The van der Waals surface area contributed by atoms with Gasteiger partial charge in [-0.15, -0.1) is 0 Å². The monoisotopic (exact) mass is 190 g/mol. The second-order valence-corrected chi connectivity index (χ2v) is 3.68. The topological polar surface area (TPSA) is 26.3 Å². The van der Waals surface area contributed by atoms with E-state index in [-0.39, 0.29) is 6.10 Å². The molecular formula is C12H14O2. The molecule has 0 spiro atoms. The van der Waals surface area contributed by atoms with Crippen molar-refractivity contribution < 1.29 is 9.53 Å². The summed E-state index contributed by atoms with van der Waals surface area (Å²) >= 11 is 0. The van der Waals surface area contributed by atoms with Crippen molar-refractivity contribution in [2.75, 3.05) is 6.61 Å². The van der Waals surface area contributed by atoms with Crippen LogP contribution in [0.3, 0.4) is 0 Å². The third kappa shape index (κ3) is 2.42. The number of ether oxygens (including phenoxy) is 1. The maximum absolute atomic E-state index is 11.2. The molecule has 2 rings (SSSR count). The Morgan fingerprint density at radius 1 is 1.29 bits per heavy atom. The lowest BCUT2D eigenvalue weighted by Gasteiger charge is -2.21. The molecule has 1 aliphatic heterocycles. The van der Waals surface area contributed by atoms with Crippen LogP contribution in [0.5, 0.6) is 0 Å². The molecule has 1 aliphatic rings. The van der Waals surface area contributed by atoms with Gasteiger partial charge in [-0.05, 0) is 12.0 Å². The van der Waals surface area contributed by atoms with Gasteiger partial charge in [0.1, 0.15) is 5.78 Å². The van der Waals surface area contributed by atoms with Crippen molar-refractivity contribution in [3.05, 3.63) is 35.9 Å². The lowest BCUT2D eigenvalue weighted by Crippen LogP contribution is -2.27. The van der Waals surface area contributed by atoms with E-state index in [0.29, 0.717) is 25.2 Å². The van der Waals surface area contributed by atoms with Gasteiger partial charge in [-0.25, -0.2) is 0 Å². The van der Waals surface area contributed by atoms with Crippen LogP contribution < -0.4 is 0 Å². The molecule has 0 aliphatic carbocycles. The quantitative estimate of drug-likeness (QED) is 0.712. The molecule has 14 heavy (non-hydrogen) atoms. The van der Waals surface area contributed by atoms with E-state index in [9.17, 15) is 4.79 Å². The zero-order valence-corrected chi connectivity index (χ0v) is 8.11. The van der Waals surface area contributed by atoms with Gasteiger partial charge in [0.15, 0.2) is 0 Å². The summed E-state index contributed by atoms with van der Waals surface area (Å²) in [5, 5.41) is 0. The van der Waals surface area contributed by atoms with Crippen LogP contribution in [0.1, 0.15) is 18.4 Å². The lowest BCUT2D eigenvalue weighted by atomic mass is 10.0. The van der Waals surface area contributed by atoms with Crippen molar-refractivity contribution in [1.29, 1.82) is 0 Å². The van der Waals surface area contributed by atoms with E-state index >= 15 is 0 Å². The Balaban J connectivity index is 1.94. The maximum Gasteiger partial charge on any atom is 0.137 e. The number of ketones is 1. The average Bonchev–Trinajstić information content (AvgIpc) is 2.19. The predicted molar refractivity (Wildman–Crippen MR) is 54.1 cm³/mol. The summed E-state index contributed by atoms with van der Waals surface area (Å²) in [7, 11) is 0. The minimum Gasteiger partial charge on any atom is -0.377 e. The number of rotatable bonds is 2. The maximum atomic E-state index is 11.2. The van der Waals surface area contributed by atoms with Gasteiger partial charge < -0.3 is 4.74 Å². The molecule has 0 aromatic heterocycles. The third-order valence-corrected chi connectivity index (χ3v) is 2.50. The fourth-order valence-corrected chi connectivity index (χ4v) is 1.76. The highest BCUT2D eigenvalue weighted by atomic mass is 16.5. The Labute approximate surface area is 83.9 Å². The second kappa shape index (κ2) is 4.38. The Morgan fingerprint density at radius 3 is 2.79 bits per heavy atom. The van der Waals surface area contributed by atoms with Crippen LogP contribution in [0.15, 0.2) is 30.3 Å².